The van der Waals surface area contributed by atoms with Crippen molar-refractivity contribution in [1.82, 2.24) is 18.6 Å². The van der Waals surface area contributed by atoms with Crippen LogP contribution in [-0.4, -0.2) is 48.5 Å². The van der Waals surface area contributed by atoms with Crippen molar-refractivity contribution in [1.29, 1.82) is 0 Å². The first-order valence-electron chi connectivity index (χ1n) is 14.1. The van der Waals surface area contributed by atoms with E-state index < -0.39 is 10.2 Å². The number of H-pyrrole nitrogens is 1. The summed E-state index contributed by atoms with van der Waals surface area (Å²) in [6.07, 6.45) is 5.14. The van der Waals surface area contributed by atoms with Crippen LogP contribution in [0.4, 0.5) is 0 Å². The van der Waals surface area contributed by atoms with E-state index in [1.54, 1.807) is 48.5 Å². The van der Waals surface area contributed by atoms with Crippen molar-refractivity contribution in [2.45, 2.75) is 46.0 Å². The number of benzene rings is 3. The van der Waals surface area contributed by atoms with E-state index in [2.05, 4.69) is 28.5 Å². The molecule has 0 aliphatic heterocycles. The zero-order valence-electron chi connectivity index (χ0n) is 23.1. The summed E-state index contributed by atoms with van der Waals surface area (Å²) < 4.78 is 31.6. The molecular weight excluding hydrogens is 524 g/mol. The predicted octanol–water partition coefficient (Wildman–Crippen LogP) is 5.12. The molecule has 0 saturated carbocycles. The van der Waals surface area contributed by atoms with Gasteiger partial charge in [0.15, 0.2) is 10.9 Å². The fourth-order valence-electron chi connectivity index (χ4n) is 5.35. The van der Waals surface area contributed by atoms with Gasteiger partial charge < -0.3 is 9.88 Å². The molecule has 3 aromatic carbocycles. The fraction of sp³-hybridized carbons (Fsp3) is 0.355. The van der Waals surface area contributed by atoms with Crippen LogP contribution in [0.2, 0.25) is 0 Å². The number of nitrogens with zero attached hydrogens (tertiary/aromatic N) is 2. The second-order valence-corrected chi connectivity index (χ2v) is 11.9. The molecule has 5 aromatic rings. The molecule has 0 atom stereocenters. The van der Waals surface area contributed by atoms with Crippen LogP contribution < -0.4 is 15.6 Å². The molecule has 0 aliphatic rings. The molecule has 0 aliphatic carbocycles. The van der Waals surface area contributed by atoms with Crippen molar-refractivity contribution in [3.05, 3.63) is 81.1 Å². The molecule has 2 aromatic heterocycles. The van der Waals surface area contributed by atoms with Gasteiger partial charge in [0.1, 0.15) is 0 Å². The van der Waals surface area contributed by atoms with Crippen LogP contribution in [0, 0.1) is 0 Å². The molecule has 2 N–H and O–H groups in total. The lowest BCUT2D eigenvalue weighted by molar-refractivity contribution is 0.262. The Morgan fingerprint density at radius 1 is 0.725 bits per heavy atom. The van der Waals surface area contributed by atoms with Crippen LogP contribution in [0.15, 0.2) is 70.3 Å². The van der Waals surface area contributed by atoms with Crippen molar-refractivity contribution in [2.75, 3.05) is 26.2 Å². The van der Waals surface area contributed by atoms with Gasteiger partial charge in [0.05, 0.1) is 16.6 Å². The van der Waals surface area contributed by atoms with Crippen LogP contribution in [0.5, 0.6) is 0 Å². The Balaban J connectivity index is 1.58. The SMILES string of the molecule is CCCCN(CCCC)CCCNS(=O)(=O)n1c2ccccc2c(=O)c2cc3[nH]c4ccccc4c(=O)c3cc21. The maximum atomic E-state index is 13.8. The zero-order chi connectivity index (χ0) is 28.3. The molecule has 8 nitrogen and oxygen atoms in total. The third-order valence-corrected chi connectivity index (χ3v) is 8.93. The van der Waals surface area contributed by atoms with E-state index in [0.29, 0.717) is 33.6 Å². The van der Waals surface area contributed by atoms with Gasteiger partial charge in [-0.05, 0) is 75.3 Å². The number of hydrogen-bond acceptors (Lipinski definition) is 5. The maximum Gasteiger partial charge on any atom is 0.305 e. The van der Waals surface area contributed by atoms with Crippen molar-refractivity contribution >= 4 is 53.8 Å². The lowest BCUT2D eigenvalue weighted by atomic mass is 10.1. The van der Waals surface area contributed by atoms with E-state index in [4.69, 9.17) is 0 Å². The van der Waals surface area contributed by atoms with Crippen LogP contribution in [0.25, 0.3) is 43.6 Å². The summed E-state index contributed by atoms with van der Waals surface area (Å²) in [5, 5.41) is 1.36. The first-order chi connectivity index (χ1) is 19.4. The minimum atomic E-state index is -4.09. The number of unbranched alkanes of at least 4 members (excludes halogenated alkanes) is 2. The summed E-state index contributed by atoms with van der Waals surface area (Å²) in [4.78, 5) is 32.6. The van der Waals surface area contributed by atoms with Crippen molar-refractivity contribution in [3.8, 4) is 0 Å². The molecular formula is C31H36N4O4S. The maximum absolute atomic E-state index is 13.8. The fourth-order valence-corrected chi connectivity index (χ4v) is 6.71. The summed E-state index contributed by atoms with van der Waals surface area (Å²) >= 11 is 0. The summed E-state index contributed by atoms with van der Waals surface area (Å²) in [7, 11) is -4.09. The number of nitrogens with one attached hydrogen (secondary N) is 2. The average molecular weight is 561 g/mol. The van der Waals surface area contributed by atoms with Crippen LogP contribution in [0.3, 0.4) is 0 Å². The first kappa shape index (κ1) is 28.0. The summed E-state index contributed by atoms with van der Waals surface area (Å²) in [6, 6.07) is 17.0. The quantitative estimate of drug-likeness (QED) is 0.163. The molecule has 2 heterocycles. The van der Waals surface area contributed by atoms with Gasteiger partial charge in [-0.3, -0.25) is 9.59 Å². The Kier molecular flexibility index (Phi) is 8.35. The van der Waals surface area contributed by atoms with Crippen molar-refractivity contribution in [3.63, 3.8) is 0 Å². The number of pyridine rings is 2. The minimum absolute atomic E-state index is 0.178. The second kappa shape index (κ2) is 11.9. The lowest BCUT2D eigenvalue weighted by Gasteiger charge is -2.22. The number of para-hydroxylation sites is 2. The highest BCUT2D eigenvalue weighted by Gasteiger charge is 2.22. The third-order valence-electron chi connectivity index (χ3n) is 7.48. The van der Waals surface area contributed by atoms with Crippen LogP contribution in [0.1, 0.15) is 46.0 Å². The molecule has 0 amide bonds. The standard InChI is InChI=1S/C31H36N4O4S/c1-3-5-17-34(18-6-4-2)19-11-16-32-40(38,39)35-28-15-10-8-13-23(28)31(37)25-20-27-24(21-29(25)35)30(36)22-12-7-9-14-26(22)33-27/h7-10,12-15,20-21,32H,3-6,11,16-19H2,1-2H3,(H,33,36). The molecule has 210 valence electrons. The Hall–Kier alpha value is -3.53. The van der Waals surface area contributed by atoms with E-state index in [9.17, 15) is 18.0 Å². The van der Waals surface area contributed by atoms with Gasteiger partial charge in [0, 0.05) is 33.6 Å². The first-order valence-corrected chi connectivity index (χ1v) is 15.5. The van der Waals surface area contributed by atoms with Crippen LogP contribution in [-0.2, 0) is 10.2 Å². The third kappa shape index (κ3) is 5.41. The summed E-state index contributed by atoms with van der Waals surface area (Å²) in [6.45, 7) is 7.43. The Bertz CT molecular complexity index is 1900. The van der Waals surface area contributed by atoms with E-state index in [1.165, 1.54) is 10.0 Å². The molecule has 0 saturated heterocycles. The smallest absolute Gasteiger partial charge is 0.305 e. The van der Waals surface area contributed by atoms with Crippen molar-refractivity contribution < 1.29 is 8.42 Å². The van der Waals surface area contributed by atoms with Gasteiger partial charge in [-0.1, -0.05) is 51.0 Å². The summed E-state index contributed by atoms with van der Waals surface area (Å²) in [5.74, 6) is 0. The highest BCUT2D eigenvalue weighted by atomic mass is 32.2. The molecule has 0 fully saturated rings. The van der Waals surface area contributed by atoms with Gasteiger partial charge in [-0.15, -0.1) is 0 Å². The highest BCUT2D eigenvalue weighted by molar-refractivity contribution is 7.88. The second-order valence-electron chi connectivity index (χ2n) is 10.3. The number of rotatable bonds is 12. The molecule has 5 rings (SSSR count). The van der Waals surface area contributed by atoms with Crippen molar-refractivity contribution in [2.24, 2.45) is 0 Å². The van der Waals surface area contributed by atoms with E-state index in [1.807, 2.05) is 6.07 Å². The Labute approximate surface area is 233 Å². The van der Waals surface area contributed by atoms with Gasteiger partial charge in [-0.2, -0.15) is 13.1 Å². The minimum Gasteiger partial charge on any atom is -0.354 e. The van der Waals surface area contributed by atoms with E-state index >= 15 is 0 Å². The molecule has 9 heteroatoms. The summed E-state index contributed by atoms with van der Waals surface area (Å²) in [5.41, 5.74) is 1.09. The lowest BCUT2D eigenvalue weighted by Crippen LogP contribution is -2.35. The molecule has 0 spiro atoms. The highest BCUT2D eigenvalue weighted by Crippen LogP contribution is 2.25. The molecule has 0 radical (unpaired) electrons. The number of hydrogen-bond donors (Lipinski definition) is 2. The van der Waals surface area contributed by atoms with Gasteiger partial charge in [-0.25, -0.2) is 3.97 Å². The molecule has 40 heavy (non-hydrogen) atoms. The number of aromatic amines is 1. The van der Waals surface area contributed by atoms with Gasteiger partial charge in [0.2, 0.25) is 0 Å². The zero-order valence-corrected chi connectivity index (χ0v) is 23.9. The molecule has 0 unspecified atom stereocenters. The Morgan fingerprint density at radius 2 is 1.35 bits per heavy atom. The molecule has 0 bridgehead atoms. The number of fused-ring (bicyclic) bond motifs is 4. The monoisotopic (exact) mass is 560 g/mol. The van der Waals surface area contributed by atoms with Crippen LogP contribution >= 0.6 is 0 Å². The normalized spacial score (nSPS) is 12.4. The van der Waals surface area contributed by atoms with E-state index in [-0.39, 0.29) is 33.8 Å². The average Bonchev–Trinajstić information content (AvgIpc) is 2.96. The topological polar surface area (TPSA) is 104 Å². The Morgan fingerprint density at radius 3 is 2.08 bits per heavy atom. The predicted molar refractivity (Wildman–Crippen MR) is 165 cm³/mol. The van der Waals surface area contributed by atoms with E-state index in [0.717, 1.165) is 45.3 Å². The largest absolute Gasteiger partial charge is 0.354 e. The van der Waals surface area contributed by atoms with Gasteiger partial charge >= 0.3 is 10.2 Å². The van der Waals surface area contributed by atoms with Gasteiger partial charge in [0.25, 0.3) is 0 Å². The number of aromatic nitrogens is 2.